The maximum Gasteiger partial charge on any atom is 0.446 e. The number of amides is 2. The normalized spacial score (nSPS) is 11.4. The zero-order valence-electron chi connectivity index (χ0n) is 12.4. The molecule has 10 heteroatoms. The van der Waals surface area contributed by atoms with E-state index in [1.807, 2.05) is 6.26 Å². The molecular weight excluding hydrogens is 356 g/mol. The van der Waals surface area contributed by atoms with Gasteiger partial charge >= 0.3 is 11.5 Å². The number of hydrogen-bond donors (Lipinski definition) is 1. The molecule has 0 aliphatic carbocycles. The first-order valence-corrected chi connectivity index (χ1v) is 8.58. The Labute approximate surface area is 139 Å². The summed E-state index contributed by atoms with van der Waals surface area (Å²) in [7, 11) is 1.33. The van der Waals surface area contributed by atoms with Gasteiger partial charge in [-0.05, 0) is 36.2 Å². The van der Waals surface area contributed by atoms with Gasteiger partial charge in [0.2, 0.25) is 0 Å². The maximum absolute atomic E-state index is 14.1. The zero-order valence-corrected chi connectivity index (χ0v) is 14.1. The summed E-state index contributed by atoms with van der Waals surface area (Å²) in [5.74, 6) is -0.257. The van der Waals surface area contributed by atoms with Crippen molar-refractivity contribution in [2.45, 2.75) is 10.4 Å². The number of anilines is 1. The fourth-order valence-electron chi connectivity index (χ4n) is 1.63. The van der Waals surface area contributed by atoms with Gasteiger partial charge in [-0.25, -0.2) is 9.18 Å². The Hall–Kier alpha value is -1.13. The van der Waals surface area contributed by atoms with Gasteiger partial charge in [-0.1, -0.05) is 0 Å². The number of carbonyl (C=O) groups excluding carboxylic acids is 1. The van der Waals surface area contributed by atoms with E-state index in [2.05, 4.69) is 5.32 Å². The lowest BCUT2D eigenvalue weighted by Crippen LogP contribution is -2.42. The Balaban J connectivity index is 2.92. The van der Waals surface area contributed by atoms with Crippen LogP contribution in [0.5, 0.6) is 0 Å². The van der Waals surface area contributed by atoms with Gasteiger partial charge in [0.1, 0.15) is 12.5 Å². The summed E-state index contributed by atoms with van der Waals surface area (Å²) in [6.45, 7) is 0.150. The molecule has 0 aliphatic rings. The molecule has 2 amide bonds. The standard InChI is InChI=1S/C13H16F4N2O2S2/c1-21-8-19(12(20)18-5-6-22-2)11-4-3-9(7-10(11)14)23-13(15,16)17/h3-4,7H,5-6,8H2,1-2H3,(H,18,20). The molecule has 0 spiro atoms. The third kappa shape index (κ3) is 6.88. The fraction of sp³-hybridized carbons (Fsp3) is 0.462. The molecule has 23 heavy (non-hydrogen) atoms. The highest BCUT2D eigenvalue weighted by molar-refractivity contribution is 8.00. The number of hydrogen-bond acceptors (Lipinski definition) is 4. The van der Waals surface area contributed by atoms with Crippen LogP contribution in [-0.4, -0.2) is 43.9 Å². The lowest BCUT2D eigenvalue weighted by Gasteiger charge is -2.23. The smallest absolute Gasteiger partial charge is 0.364 e. The van der Waals surface area contributed by atoms with E-state index in [0.717, 1.165) is 23.1 Å². The first-order valence-electron chi connectivity index (χ1n) is 6.37. The number of nitrogens with zero attached hydrogens (tertiary/aromatic N) is 1. The summed E-state index contributed by atoms with van der Waals surface area (Å²) < 4.78 is 55.8. The minimum absolute atomic E-state index is 0.153. The summed E-state index contributed by atoms with van der Waals surface area (Å²) in [4.78, 5) is 12.7. The van der Waals surface area contributed by atoms with Crippen molar-refractivity contribution < 1.29 is 27.1 Å². The molecule has 4 nitrogen and oxygen atoms in total. The van der Waals surface area contributed by atoms with E-state index >= 15 is 0 Å². The zero-order chi connectivity index (χ0) is 17.5. The van der Waals surface area contributed by atoms with Crippen LogP contribution in [0.2, 0.25) is 0 Å². The number of alkyl halides is 3. The molecule has 1 N–H and O–H groups in total. The van der Waals surface area contributed by atoms with Crippen molar-refractivity contribution in [2.75, 3.05) is 37.3 Å². The van der Waals surface area contributed by atoms with Crippen molar-refractivity contribution in [3.05, 3.63) is 24.0 Å². The first-order chi connectivity index (χ1) is 10.8. The van der Waals surface area contributed by atoms with Crippen molar-refractivity contribution >= 4 is 35.2 Å². The number of carbonyl (C=O) groups is 1. The molecule has 1 rings (SSSR count). The third-order valence-electron chi connectivity index (χ3n) is 2.53. The van der Waals surface area contributed by atoms with E-state index in [0.29, 0.717) is 12.3 Å². The number of rotatable bonds is 7. The van der Waals surface area contributed by atoms with Crippen LogP contribution in [0.4, 0.5) is 28.0 Å². The van der Waals surface area contributed by atoms with Crippen LogP contribution in [0.3, 0.4) is 0 Å². The number of urea groups is 1. The average Bonchev–Trinajstić information content (AvgIpc) is 2.44. The highest BCUT2D eigenvalue weighted by atomic mass is 32.2. The number of benzene rings is 1. The van der Waals surface area contributed by atoms with Crippen LogP contribution < -0.4 is 10.2 Å². The number of methoxy groups -OCH3 is 1. The molecule has 0 bridgehead atoms. The van der Waals surface area contributed by atoms with Gasteiger partial charge in [0.25, 0.3) is 0 Å². The van der Waals surface area contributed by atoms with Gasteiger partial charge < -0.3 is 10.1 Å². The second kappa shape index (κ2) is 9.24. The molecule has 0 saturated heterocycles. The molecule has 0 fully saturated rings. The molecule has 0 aromatic heterocycles. The largest absolute Gasteiger partial charge is 0.446 e. The molecule has 0 saturated carbocycles. The van der Waals surface area contributed by atoms with E-state index in [1.165, 1.54) is 18.9 Å². The Bertz CT molecular complexity index is 529. The second-order valence-corrected chi connectivity index (χ2v) is 6.36. The molecule has 0 unspecified atom stereocenters. The second-order valence-electron chi connectivity index (χ2n) is 4.23. The van der Waals surface area contributed by atoms with Crippen molar-refractivity contribution in [3.63, 3.8) is 0 Å². The van der Waals surface area contributed by atoms with Crippen LogP contribution >= 0.6 is 23.5 Å². The molecular formula is C13H16F4N2O2S2. The van der Waals surface area contributed by atoms with Gasteiger partial charge in [-0.2, -0.15) is 24.9 Å². The highest BCUT2D eigenvalue weighted by Crippen LogP contribution is 2.38. The molecule has 1 aromatic carbocycles. The Kier molecular flexibility index (Phi) is 8.00. The van der Waals surface area contributed by atoms with Crippen LogP contribution in [-0.2, 0) is 4.74 Å². The van der Waals surface area contributed by atoms with Crippen LogP contribution in [0.25, 0.3) is 0 Å². The Morgan fingerprint density at radius 1 is 1.39 bits per heavy atom. The molecule has 0 atom stereocenters. The summed E-state index contributed by atoms with van der Waals surface area (Å²) in [6, 6.07) is 2.38. The number of thioether (sulfide) groups is 2. The Morgan fingerprint density at radius 2 is 2.09 bits per heavy atom. The van der Waals surface area contributed by atoms with Gasteiger partial charge in [0.05, 0.1) is 5.69 Å². The fourth-order valence-corrected chi connectivity index (χ4v) is 2.50. The topological polar surface area (TPSA) is 41.6 Å². The van der Waals surface area contributed by atoms with Gasteiger partial charge in [-0.15, -0.1) is 0 Å². The lowest BCUT2D eigenvalue weighted by molar-refractivity contribution is -0.0328. The average molecular weight is 372 g/mol. The molecule has 0 aliphatic heterocycles. The van der Waals surface area contributed by atoms with Gasteiger partial charge in [-0.3, -0.25) is 4.90 Å². The van der Waals surface area contributed by atoms with Crippen LogP contribution in [0, 0.1) is 5.82 Å². The van der Waals surface area contributed by atoms with E-state index in [9.17, 15) is 22.4 Å². The van der Waals surface area contributed by atoms with E-state index in [1.54, 1.807) is 0 Å². The SMILES string of the molecule is COCN(C(=O)NCCSC)c1ccc(SC(F)(F)F)cc1F. The third-order valence-corrected chi connectivity index (χ3v) is 3.86. The minimum Gasteiger partial charge on any atom is -0.364 e. The summed E-state index contributed by atoms with van der Waals surface area (Å²) in [5, 5.41) is 2.58. The molecule has 130 valence electrons. The number of halogens is 4. The number of nitrogens with one attached hydrogen (secondary N) is 1. The van der Waals surface area contributed by atoms with Gasteiger partial charge in [0, 0.05) is 24.3 Å². The summed E-state index contributed by atoms with van der Waals surface area (Å²) in [6.07, 6.45) is 1.87. The van der Waals surface area contributed by atoms with Crippen LogP contribution in [0.15, 0.2) is 23.1 Å². The van der Waals surface area contributed by atoms with Crippen molar-refractivity contribution in [1.82, 2.24) is 5.32 Å². The Morgan fingerprint density at radius 3 is 2.61 bits per heavy atom. The molecule has 1 aromatic rings. The van der Waals surface area contributed by atoms with Crippen LogP contribution in [0.1, 0.15) is 0 Å². The van der Waals surface area contributed by atoms with Gasteiger partial charge in [0.15, 0.2) is 0 Å². The van der Waals surface area contributed by atoms with E-state index in [-0.39, 0.29) is 17.3 Å². The number of ether oxygens (including phenoxy) is 1. The monoisotopic (exact) mass is 372 g/mol. The summed E-state index contributed by atoms with van der Waals surface area (Å²) in [5.41, 5.74) is -4.66. The predicted octanol–water partition coefficient (Wildman–Crippen LogP) is 3.92. The van der Waals surface area contributed by atoms with E-state index < -0.39 is 29.1 Å². The first kappa shape index (κ1) is 19.9. The minimum atomic E-state index is -4.50. The van der Waals surface area contributed by atoms with Crippen molar-refractivity contribution in [1.29, 1.82) is 0 Å². The lowest BCUT2D eigenvalue weighted by atomic mass is 10.3. The summed E-state index contributed by atoms with van der Waals surface area (Å²) >= 11 is 1.11. The van der Waals surface area contributed by atoms with Crippen molar-refractivity contribution in [3.8, 4) is 0 Å². The molecule has 0 heterocycles. The van der Waals surface area contributed by atoms with Crippen molar-refractivity contribution in [2.24, 2.45) is 0 Å². The predicted molar refractivity (Wildman–Crippen MR) is 84.4 cm³/mol. The van der Waals surface area contributed by atoms with E-state index in [4.69, 9.17) is 4.74 Å². The molecule has 0 radical (unpaired) electrons. The highest BCUT2D eigenvalue weighted by Gasteiger charge is 2.30. The quantitative estimate of drug-likeness (QED) is 0.341. The maximum atomic E-state index is 14.1.